The maximum absolute atomic E-state index is 12.4. The van der Waals surface area contributed by atoms with Gasteiger partial charge in [0.15, 0.2) is 0 Å². The second kappa shape index (κ2) is 3.68. The van der Waals surface area contributed by atoms with Gasteiger partial charge in [0, 0.05) is 33.0 Å². The lowest BCUT2D eigenvalue weighted by atomic mass is 9.79. The molecule has 3 rings (SSSR count). The molecule has 0 aromatic carbocycles. The highest BCUT2D eigenvalue weighted by molar-refractivity contribution is 6.07. The molecule has 0 bridgehead atoms. The number of imide groups is 1. The number of amides is 2. The zero-order valence-corrected chi connectivity index (χ0v) is 10.9. The molecule has 0 N–H and O–H groups in total. The molecule has 1 aliphatic heterocycles. The van der Waals surface area contributed by atoms with E-state index in [0.717, 1.165) is 18.4 Å². The van der Waals surface area contributed by atoms with Gasteiger partial charge in [0.1, 0.15) is 0 Å². The number of hydrogen-bond acceptors (Lipinski definition) is 3. The Kier molecular flexibility index (Phi) is 2.35. The summed E-state index contributed by atoms with van der Waals surface area (Å²) in [6, 6.07) is 1.98. The van der Waals surface area contributed by atoms with Crippen LogP contribution in [0.5, 0.6) is 0 Å². The number of carbonyl (C=O) groups is 2. The van der Waals surface area contributed by atoms with Crippen LogP contribution in [-0.4, -0.2) is 40.5 Å². The van der Waals surface area contributed by atoms with Crippen LogP contribution < -0.4 is 0 Å². The van der Waals surface area contributed by atoms with Crippen LogP contribution in [0.4, 0.5) is 0 Å². The smallest absolute Gasteiger partial charge is 0.252 e. The molecule has 0 unspecified atom stereocenters. The molecule has 2 atom stereocenters. The van der Waals surface area contributed by atoms with Crippen LogP contribution in [0.2, 0.25) is 0 Å². The SMILES string of the molecule is CN(C)N1C(=O)[C@H]2CCc3c(ccn3C)[C@H]2C1=O. The fourth-order valence-electron chi connectivity index (χ4n) is 3.22. The summed E-state index contributed by atoms with van der Waals surface area (Å²) in [5, 5.41) is 2.88. The van der Waals surface area contributed by atoms with Gasteiger partial charge in [0.2, 0.25) is 5.91 Å². The number of hydrogen-bond donors (Lipinski definition) is 0. The van der Waals surface area contributed by atoms with Crippen molar-refractivity contribution in [3.63, 3.8) is 0 Å². The van der Waals surface area contributed by atoms with Crippen molar-refractivity contribution < 1.29 is 9.59 Å². The van der Waals surface area contributed by atoms with E-state index in [0.29, 0.717) is 0 Å². The molecule has 1 aliphatic carbocycles. The van der Waals surface area contributed by atoms with Crippen molar-refractivity contribution >= 4 is 11.8 Å². The van der Waals surface area contributed by atoms with E-state index in [9.17, 15) is 9.59 Å². The van der Waals surface area contributed by atoms with E-state index in [1.165, 1.54) is 10.7 Å². The minimum Gasteiger partial charge on any atom is -0.354 e. The van der Waals surface area contributed by atoms with Crippen molar-refractivity contribution in [2.75, 3.05) is 14.1 Å². The lowest BCUT2D eigenvalue weighted by Crippen LogP contribution is -2.42. The van der Waals surface area contributed by atoms with E-state index in [2.05, 4.69) is 4.57 Å². The Morgan fingerprint density at radius 3 is 2.67 bits per heavy atom. The highest BCUT2D eigenvalue weighted by atomic mass is 16.2. The molecule has 5 heteroatoms. The average molecular weight is 247 g/mol. The van der Waals surface area contributed by atoms with Gasteiger partial charge in [-0.3, -0.25) is 9.59 Å². The lowest BCUT2D eigenvalue weighted by molar-refractivity contribution is -0.154. The van der Waals surface area contributed by atoms with Crippen molar-refractivity contribution in [1.82, 2.24) is 14.6 Å². The Bertz CT molecular complexity index is 532. The van der Waals surface area contributed by atoms with Crippen molar-refractivity contribution in [3.8, 4) is 0 Å². The molecule has 2 amide bonds. The van der Waals surface area contributed by atoms with Crippen LogP contribution in [0.1, 0.15) is 23.6 Å². The van der Waals surface area contributed by atoms with Gasteiger partial charge in [-0.05, 0) is 24.5 Å². The first-order valence-electron chi connectivity index (χ1n) is 6.21. The first kappa shape index (κ1) is 11.5. The third-order valence-corrected chi connectivity index (χ3v) is 4.07. The van der Waals surface area contributed by atoms with Crippen molar-refractivity contribution in [3.05, 3.63) is 23.5 Å². The van der Waals surface area contributed by atoms with E-state index in [-0.39, 0.29) is 23.7 Å². The molecule has 0 spiro atoms. The zero-order chi connectivity index (χ0) is 13.0. The van der Waals surface area contributed by atoms with Crippen LogP contribution in [-0.2, 0) is 23.1 Å². The molecule has 1 aromatic heterocycles. The summed E-state index contributed by atoms with van der Waals surface area (Å²) in [5.74, 6) is -0.577. The monoisotopic (exact) mass is 247 g/mol. The topological polar surface area (TPSA) is 45.5 Å². The molecule has 2 aliphatic rings. The average Bonchev–Trinajstić information content (AvgIpc) is 2.80. The van der Waals surface area contributed by atoms with Gasteiger partial charge in [-0.1, -0.05) is 0 Å². The molecule has 1 aromatic rings. The number of nitrogens with zero attached hydrogens (tertiary/aromatic N) is 3. The summed E-state index contributed by atoms with van der Waals surface area (Å²) in [5.41, 5.74) is 2.23. The first-order chi connectivity index (χ1) is 8.52. The van der Waals surface area contributed by atoms with E-state index in [4.69, 9.17) is 0 Å². The zero-order valence-electron chi connectivity index (χ0n) is 10.9. The Labute approximate surface area is 106 Å². The third-order valence-electron chi connectivity index (χ3n) is 4.07. The number of fused-ring (bicyclic) bond motifs is 3. The summed E-state index contributed by atoms with van der Waals surface area (Å²) < 4.78 is 2.06. The normalized spacial score (nSPS) is 26.8. The molecule has 1 saturated heterocycles. The molecule has 1 fully saturated rings. The number of aromatic nitrogens is 1. The van der Waals surface area contributed by atoms with Gasteiger partial charge in [0.05, 0.1) is 11.8 Å². The Morgan fingerprint density at radius 2 is 2.00 bits per heavy atom. The van der Waals surface area contributed by atoms with Gasteiger partial charge in [-0.15, -0.1) is 0 Å². The largest absolute Gasteiger partial charge is 0.354 e. The summed E-state index contributed by atoms with van der Waals surface area (Å²) >= 11 is 0. The lowest BCUT2D eigenvalue weighted by Gasteiger charge is -2.22. The standard InChI is InChI=1S/C13H17N3O2/c1-14(2)16-12(17)9-4-5-10-8(6-7-15(10)3)11(9)13(16)18/h6-7,9,11H,4-5H2,1-3H3/t9-,11+/m0/s1. The fraction of sp³-hybridized carbons (Fsp3) is 0.538. The molecular weight excluding hydrogens is 230 g/mol. The predicted octanol–water partition coefficient (Wildman–Crippen LogP) is 0.516. The Hall–Kier alpha value is -1.62. The molecule has 0 radical (unpaired) electrons. The summed E-state index contributed by atoms with van der Waals surface area (Å²) in [4.78, 5) is 24.7. The second-order valence-corrected chi connectivity index (χ2v) is 5.29. The molecule has 2 heterocycles. The van der Waals surface area contributed by atoms with Crippen molar-refractivity contribution in [2.45, 2.75) is 18.8 Å². The van der Waals surface area contributed by atoms with Crippen LogP contribution in [0.3, 0.4) is 0 Å². The minimum absolute atomic E-state index is 0.0514. The first-order valence-corrected chi connectivity index (χ1v) is 6.21. The maximum Gasteiger partial charge on any atom is 0.252 e. The quantitative estimate of drug-likeness (QED) is 0.680. The molecule has 5 nitrogen and oxygen atoms in total. The highest BCUT2D eigenvalue weighted by Gasteiger charge is 2.51. The van der Waals surface area contributed by atoms with Gasteiger partial charge in [-0.25, -0.2) is 10.0 Å². The number of rotatable bonds is 1. The molecule has 96 valence electrons. The summed E-state index contributed by atoms with van der Waals surface area (Å²) in [6.45, 7) is 0. The van der Waals surface area contributed by atoms with Crippen molar-refractivity contribution in [2.24, 2.45) is 13.0 Å². The van der Waals surface area contributed by atoms with Crippen LogP contribution in [0.15, 0.2) is 12.3 Å². The van der Waals surface area contributed by atoms with Crippen molar-refractivity contribution in [1.29, 1.82) is 0 Å². The Balaban J connectivity index is 2.07. The van der Waals surface area contributed by atoms with Gasteiger partial charge in [0.25, 0.3) is 5.91 Å². The van der Waals surface area contributed by atoms with Crippen LogP contribution >= 0.6 is 0 Å². The van der Waals surface area contributed by atoms with E-state index in [1.807, 2.05) is 19.3 Å². The number of carbonyl (C=O) groups excluding carboxylic acids is 2. The minimum atomic E-state index is -0.273. The van der Waals surface area contributed by atoms with Gasteiger partial charge >= 0.3 is 0 Å². The van der Waals surface area contributed by atoms with Gasteiger partial charge in [-0.2, -0.15) is 0 Å². The van der Waals surface area contributed by atoms with Crippen LogP contribution in [0, 0.1) is 5.92 Å². The summed E-state index contributed by atoms with van der Waals surface area (Å²) in [7, 11) is 5.46. The third kappa shape index (κ3) is 1.31. The van der Waals surface area contributed by atoms with E-state index in [1.54, 1.807) is 19.1 Å². The molecule has 0 saturated carbocycles. The van der Waals surface area contributed by atoms with Crippen LogP contribution in [0.25, 0.3) is 0 Å². The summed E-state index contributed by atoms with van der Waals surface area (Å²) in [6.07, 6.45) is 3.62. The number of hydrazine groups is 1. The fourth-order valence-corrected chi connectivity index (χ4v) is 3.22. The van der Waals surface area contributed by atoms with E-state index >= 15 is 0 Å². The predicted molar refractivity (Wildman–Crippen MR) is 65.5 cm³/mol. The second-order valence-electron chi connectivity index (χ2n) is 5.29. The van der Waals surface area contributed by atoms with E-state index < -0.39 is 0 Å². The molecular formula is C13H17N3O2. The molecule has 18 heavy (non-hydrogen) atoms. The van der Waals surface area contributed by atoms with Gasteiger partial charge < -0.3 is 4.57 Å². The Morgan fingerprint density at radius 1 is 1.28 bits per heavy atom. The maximum atomic E-state index is 12.4. The highest BCUT2D eigenvalue weighted by Crippen LogP contribution is 2.43. The number of aryl methyl sites for hydroxylation is 1.